The van der Waals surface area contributed by atoms with E-state index in [1.54, 1.807) is 32.9 Å². The lowest BCUT2D eigenvalue weighted by molar-refractivity contribution is -0.142. The average Bonchev–Trinajstić information content (AvgIpc) is 3.37. The van der Waals surface area contributed by atoms with Crippen molar-refractivity contribution >= 4 is 17.7 Å². The fourth-order valence-corrected chi connectivity index (χ4v) is 6.07. The molecule has 2 aromatic heterocycles. The van der Waals surface area contributed by atoms with E-state index in [0.717, 1.165) is 27.8 Å². The minimum atomic E-state index is -4.88. The summed E-state index contributed by atoms with van der Waals surface area (Å²) in [7, 11) is 0. The van der Waals surface area contributed by atoms with Crippen molar-refractivity contribution in [2.45, 2.75) is 77.7 Å². The van der Waals surface area contributed by atoms with Crippen LogP contribution >= 0.6 is 0 Å². The van der Waals surface area contributed by atoms with Gasteiger partial charge in [0.25, 0.3) is 0 Å². The van der Waals surface area contributed by atoms with Gasteiger partial charge in [-0.2, -0.15) is 18.3 Å². The maximum absolute atomic E-state index is 14.4. The summed E-state index contributed by atoms with van der Waals surface area (Å²) in [5.74, 6) is -4.36. The van der Waals surface area contributed by atoms with Gasteiger partial charge in [0.1, 0.15) is 23.1 Å². The molecule has 3 heterocycles. The third kappa shape index (κ3) is 8.40. The lowest BCUT2D eigenvalue weighted by Crippen LogP contribution is -2.40. The largest absolute Gasteiger partial charge is 0.444 e. The number of alkyl halides is 3. The predicted octanol–water partition coefficient (Wildman–Crippen LogP) is 7.86. The molecule has 1 atom stereocenters. The second kappa shape index (κ2) is 14.1. The van der Waals surface area contributed by atoms with Gasteiger partial charge in [-0.25, -0.2) is 18.0 Å². The summed E-state index contributed by atoms with van der Waals surface area (Å²) in [4.78, 5) is 44.1. The lowest BCUT2D eigenvalue weighted by Gasteiger charge is -2.30. The number of benzene rings is 2. The van der Waals surface area contributed by atoms with Crippen molar-refractivity contribution < 1.29 is 45.5 Å². The Labute approximate surface area is 284 Å². The maximum Gasteiger partial charge on any atom is 0.435 e. The van der Waals surface area contributed by atoms with Crippen LogP contribution in [0.2, 0.25) is 0 Å². The number of hydrogen-bond acceptors (Lipinski definition) is 6. The van der Waals surface area contributed by atoms with E-state index in [0.29, 0.717) is 17.2 Å². The van der Waals surface area contributed by atoms with E-state index in [2.05, 4.69) is 10.1 Å². The molecule has 0 aliphatic carbocycles. The van der Waals surface area contributed by atoms with E-state index in [1.807, 2.05) is 0 Å². The average molecular weight is 701 g/mol. The van der Waals surface area contributed by atoms with Crippen LogP contribution in [-0.2, 0) is 41.6 Å². The third-order valence-corrected chi connectivity index (χ3v) is 8.14. The van der Waals surface area contributed by atoms with Crippen LogP contribution in [0.3, 0.4) is 0 Å². The van der Waals surface area contributed by atoms with Crippen LogP contribution in [0.5, 0.6) is 0 Å². The summed E-state index contributed by atoms with van der Waals surface area (Å²) in [6.07, 6.45) is -4.67. The zero-order valence-electron chi connectivity index (χ0n) is 27.7. The number of ketones is 2. The standard InChI is InChI=1S/C36H34F6N4O4/c1-20(47)28-16-22(7-8-30(28)39)27-6-5-10-43-32(27)23(12-21-13-24(37)17-25(38)14-21)15-26(48)18-46-31-9-11-45(34(49)50-35(2,3)4)19-29(31)33(44-46)36(40,41)42/h5-8,10,13-14,16-17,23H,9,11-12,15,18-19H2,1-4H3/t23-/m1/s1. The first kappa shape index (κ1) is 36.3. The highest BCUT2D eigenvalue weighted by atomic mass is 19.4. The van der Waals surface area contributed by atoms with Gasteiger partial charge in [0.15, 0.2) is 17.3 Å². The Balaban J connectivity index is 1.49. The molecule has 0 saturated heterocycles. The van der Waals surface area contributed by atoms with E-state index < -0.39 is 71.6 Å². The van der Waals surface area contributed by atoms with Crippen molar-refractivity contribution in [1.29, 1.82) is 0 Å². The summed E-state index contributed by atoms with van der Waals surface area (Å²) in [6.45, 7) is 5.17. The monoisotopic (exact) mass is 700 g/mol. The molecular weight excluding hydrogens is 666 g/mol. The zero-order valence-corrected chi connectivity index (χ0v) is 27.7. The quantitative estimate of drug-likeness (QED) is 0.130. The molecule has 0 fully saturated rings. The summed E-state index contributed by atoms with van der Waals surface area (Å²) < 4.78 is 91.7. The van der Waals surface area contributed by atoms with Crippen LogP contribution in [-0.4, -0.2) is 49.5 Å². The Bertz CT molecular complexity index is 1930. The molecule has 0 spiro atoms. The Kier molecular flexibility index (Phi) is 10.2. The van der Waals surface area contributed by atoms with Crippen LogP contribution in [0.1, 0.15) is 78.6 Å². The number of Topliss-reactive ketones (excluding diaryl/α,β-unsaturated/α-hetero) is 2. The van der Waals surface area contributed by atoms with Gasteiger partial charge in [-0.05, 0) is 75.6 Å². The number of amides is 1. The van der Waals surface area contributed by atoms with Crippen molar-refractivity contribution in [1.82, 2.24) is 19.7 Å². The molecule has 0 N–H and O–H groups in total. The molecule has 8 nitrogen and oxygen atoms in total. The first-order chi connectivity index (χ1) is 23.4. The molecular formula is C36H34F6N4O4. The zero-order chi connectivity index (χ0) is 36.5. The van der Waals surface area contributed by atoms with E-state index in [9.17, 15) is 40.7 Å². The van der Waals surface area contributed by atoms with Gasteiger partial charge in [0.2, 0.25) is 0 Å². The fraction of sp³-hybridized carbons (Fsp3) is 0.361. The lowest BCUT2D eigenvalue weighted by atomic mass is 9.86. The highest BCUT2D eigenvalue weighted by Crippen LogP contribution is 2.37. The molecule has 0 bridgehead atoms. The number of nitrogens with zero attached hydrogens (tertiary/aromatic N) is 4. The summed E-state index contributed by atoms with van der Waals surface area (Å²) in [6, 6.07) is 10.0. The highest BCUT2D eigenvalue weighted by Gasteiger charge is 2.42. The second-order valence-corrected chi connectivity index (χ2v) is 13.2. The molecule has 1 aliphatic heterocycles. The predicted molar refractivity (Wildman–Crippen MR) is 170 cm³/mol. The Hall–Kier alpha value is -5.01. The summed E-state index contributed by atoms with van der Waals surface area (Å²) in [5, 5.41) is 3.77. The Morgan fingerprint density at radius 2 is 1.68 bits per heavy atom. The van der Waals surface area contributed by atoms with Crippen LogP contribution in [0.15, 0.2) is 54.7 Å². The summed E-state index contributed by atoms with van der Waals surface area (Å²) in [5.41, 5.74) is -1.05. The molecule has 0 saturated carbocycles. The molecule has 0 unspecified atom stereocenters. The van der Waals surface area contributed by atoms with Gasteiger partial charge in [0, 0.05) is 54.4 Å². The van der Waals surface area contributed by atoms with Crippen molar-refractivity contribution in [3.8, 4) is 11.1 Å². The minimum Gasteiger partial charge on any atom is -0.444 e. The van der Waals surface area contributed by atoms with Crippen LogP contribution < -0.4 is 0 Å². The van der Waals surface area contributed by atoms with Gasteiger partial charge in [-0.1, -0.05) is 12.1 Å². The molecule has 0 radical (unpaired) electrons. The van der Waals surface area contributed by atoms with Crippen molar-refractivity contribution in [2.24, 2.45) is 0 Å². The van der Waals surface area contributed by atoms with Gasteiger partial charge in [-0.3, -0.25) is 19.3 Å². The number of aromatic nitrogens is 3. The number of halogens is 6. The first-order valence-electron chi connectivity index (χ1n) is 15.8. The summed E-state index contributed by atoms with van der Waals surface area (Å²) >= 11 is 0. The normalized spacial score (nSPS) is 13.9. The molecule has 5 rings (SSSR count). The molecule has 14 heteroatoms. The molecule has 1 aliphatic rings. The highest BCUT2D eigenvalue weighted by molar-refractivity contribution is 5.95. The molecule has 2 aromatic carbocycles. The molecule has 4 aromatic rings. The van der Waals surface area contributed by atoms with E-state index in [-0.39, 0.29) is 53.9 Å². The number of carbonyl (C=O) groups excluding carboxylic acids is 3. The third-order valence-electron chi connectivity index (χ3n) is 8.14. The SMILES string of the molecule is CC(=O)c1cc(-c2cccnc2[C@@H](CC(=O)Cn2nc(C(F)(F)F)c3c2CCN(C(=O)OC(C)(C)C)C3)Cc2cc(F)cc(F)c2)ccc1F. The van der Waals surface area contributed by atoms with Crippen LogP contribution in [0.4, 0.5) is 31.1 Å². The van der Waals surface area contributed by atoms with E-state index in [1.165, 1.54) is 25.3 Å². The second-order valence-electron chi connectivity index (χ2n) is 13.2. The Morgan fingerprint density at radius 3 is 2.32 bits per heavy atom. The van der Waals surface area contributed by atoms with Crippen molar-refractivity contribution in [2.75, 3.05) is 6.54 Å². The Morgan fingerprint density at radius 1 is 0.980 bits per heavy atom. The number of carbonyl (C=O) groups is 3. The maximum atomic E-state index is 14.4. The number of rotatable bonds is 9. The number of fused-ring (bicyclic) bond motifs is 1. The van der Waals surface area contributed by atoms with Gasteiger partial charge in [0.05, 0.1) is 24.3 Å². The number of pyridine rings is 1. The molecule has 1 amide bonds. The van der Waals surface area contributed by atoms with Crippen molar-refractivity contribution in [3.63, 3.8) is 0 Å². The number of hydrogen-bond donors (Lipinski definition) is 0. The molecule has 50 heavy (non-hydrogen) atoms. The fourth-order valence-electron chi connectivity index (χ4n) is 6.07. The first-order valence-corrected chi connectivity index (χ1v) is 15.8. The van der Waals surface area contributed by atoms with E-state index in [4.69, 9.17) is 4.74 Å². The van der Waals surface area contributed by atoms with Crippen molar-refractivity contribution in [3.05, 3.63) is 106 Å². The van der Waals surface area contributed by atoms with Crippen LogP contribution in [0.25, 0.3) is 11.1 Å². The minimum absolute atomic E-state index is 0.0234. The topological polar surface area (TPSA) is 94.4 Å². The van der Waals surface area contributed by atoms with E-state index >= 15 is 0 Å². The van der Waals surface area contributed by atoms with Crippen LogP contribution in [0, 0.1) is 17.5 Å². The smallest absolute Gasteiger partial charge is 0.435 e. The van der Waals surface area contributed by atoms with Gasteiger partial charge < -0.3 is 9.64 Å². The van der Waals surface area contributed by atoms with Gasteiger partial charge >= 0.3 is 12.3 Å². The molecule has 264 valence electrons. The number of ether oxygens (including phenoxy) is 1. The van der Waals surface area contributed by atoms with Gasteiger partial charge in [-0.15, -0.1) is 0 Å².